The van der Waals surface area contributed by atoms with E-state index in [9.17, 15) is 4.79 Å². The van der Waals surface area contributed by atoms with Crippen LogP contribution in [0.15, 0.2) is 58.2 Å². The average Bonchev–Trinajstić information content (AvgIpc) is 3.18. The molecule has 1 aromatic carbocycles. The lowest BCUT2D eigenvalue weighted by Crippen LogP contribution is -2.30. The van der Waals surface area contributed by atoms with Crippen molar-refractivity contribution in [3.63, 3.8) is 0 Å². The van der Waals surface area contributed by atoms with Gasteiger partial charge in [-0.3, -0.25) is 4.79 Å². The van der Waals surface area contributed by atoms with E-state index < -0.39 is 0 Å². The molecule has 0 radical (unpaired) electrons. The molecular formula is C23H25N3O2. The van der Waals surface area contributed by atoms with Crippen LogP contribution in [0.1, 0.15) is 50.4 Å². The molecule has 1 N–H and O–H groups in total. The number of nitrogens with zero attached hydrogens (tertiary/aromatic N) is 2. The molecule has 0 bridgehead atoms. The lowest BCUT2D eigenvalue weighted by atomic mass is 9.72. The molecule has 0 saturated heterocycles. The lowest BCUT2D eigenvalue weighted by Gasteiger charge is -2.34. The largest absolute Gasteiger partial charge is 0.463 e. The highest BCUT2D eigenvalue weighted by Gasteiger charge is 2.29. The molecule has 1 fully saturated rings. The van der Waals surface area contributed by atoms with Gasteiger partial charge in [0.05, 0.1) is 17.3 Å². The number of pyridine rings is 1. The first kappa shape index (κ1) is 18.4. The molecule has 28 heavy (non-hydrogen) atoms. The molecule has 2 aromatic heterocycles. The summed E-state index contributed by atoms with van der Waals surface area (Å²) >= 11 is 0. The number of nitrogens with one attached hydrogen (secondary N) is 1. The number of hydrazone groups is 1. The van der Waals surface area contributed by atoms with Crippen molar-refractivity contribution in [2.45, 2.75) is 40.0 Å². The lowest BCUT2D eigenvalue weighted by molar-refractivity contribution is 0.0955. The van der Waals surface area contributed by atoms with Crippen molar-refractivity contribution in [3.05, 3.63) is 54.3 Å². The second-order valence-corrected chi connectivity index (χ2v) is 8.52. The number of benzene rings is 1. The van der Waals surface area contributed by atoms with E-state index in [2.05, 4.69) is 36.3 Å². The minimum atomic E-state index is -0.227. The Hall–Kier alpha value is -2.95. The van der Waals surface area contributed by atoms with Gasteiger partial charge >= 0.3 is 0 Å². The fourth-order valence-electron chi connectivity index (χ4n) is 4.30. The van der Waals surface area contributed by atoms with E-state index in [0.29, 0.717) is 22.9 Å². The molecule has 1 aliphatic rings. The summed E-state index contributed by atoms with van der Waals surface area (Å²) in [5.74, 6) is 0.982. The van der Waals surface area contributed by atoms with Gasteiger partial charge in [0.15, 0.2) is 5.76 Å². The predicted molar refractivity (Wildman–Crippen MR) is 111 cm³/mol. The summed E-state index contributed by atoms with van der Waals surface area (Å²) in [5.41, 5.74) is 5.99. The standard InChI is InChI=1S/C23H25N3O2/c1-15-11-16(14-23(2,3)13-15)25-26-22(27)18-12-20(21-9-6-10-28-21)24-19-8-5-4-7-17(18)19/h4-10,12,15H,11,13-14H2,1-3H3,(H,26,27). The first-order chi connectivity index (χ1) is 13.4. The van der Waals surface area contributed by atoms with Crippen LogP contribution >= 0.6 is 0 Å². The fourth-order valence-corrected chi connectivity index (χ4v) is 4.30. The smallest absolute Gasteiger partial charge is 0.272 e. The van der Waals surface area contributed by atoms with Crippen LogP contribution in [0.25, 0.3) is 22.4 Å². The first-order valence-electron chi connectivity index (χ1n) is 9.71. The number of carbonyl (C=O) groups excluding carboxylic acids is 1. The molecule has 1 unspecified atom stereocenters. The van der Waals surface area contributed by atoms with Gasteiger partial charge in [0.1, 0.15) is 5.69 Å². The van der Waals surface area contributed by atoms with E-state index in [0.717, 1.165) is 29.5 Å². The van der Waals surface area contributed by atoms with Crippen LogP contribution in [0.3, 0.4) is 0 Å². The van der Waals surface area contributed by atoms with Gasteiger partial charge < -0.3 is 4.42 Å². The molecule has 3 aromatic rings. The van der Waals surface area contributed by atoms with Gasteiger partial charge in [0.25, 0.3) is 5.91 Å². The van der Waals surface area contributed by atoms with Gasteiger partial charge in [-0.05, 0) is 54.9 Å². The number of aromatic nitrogens is 1. The van der Waals surface area contributed by atoms with Crippen molar-refractivity contribution in [2.24, 2.45) is 16.4 Å². The fraction of sp³-hybridized carbons (Fsp3) is 0.348. The van der Waals surface area contributed by atoms with E-state index in [-0.39, 0.29) is 11.3 Å². The normalized spacial score (nSPS) is 20.4. The van der Waals surface area contributed by atoms with Crippen LogP contribution in [0.2, 0.25) is 0 Å². The third-order valence-corrected chi connectivity index (χ3v) is 5.22. The number of fused-ring (bicyclic) bond motifs is 1. The Balaban J connectivity index is 1.66. The van der Waals surface area contributed by atoms with Crippen LogP contribution in [-0.2, 0) is 0 Å². The highest BCUT2D eigenvalue weighted by Crippen LogP contribution is 2.37. The summed E-state index contributed by atoms with van der Waals surface area (Å²) in [7, 11) is 0. The molecule has 0 spiro atoms. The zero-order valence-corrected chi connectivity index (χ0v) is 16.5. The molecular weight excluding hydrogens is 350 g/mol. The number of amides is 1. The number of rotatable bonds is 3. The summed E-state index contributed by atoms with van der Waals surface area (Å²) in [6, 6.07) is 13.0. The third-order valence-electron chi connectivity index (χ3n) is 5.22. The predicted octanol–water partition coefficient (Wildman–Crippen LogP) is 5.43. The second-order valence-electron chi connectivity index (χ2n) is 8.52. The Bertz CT molecular complexity index is 1040. The van der Waals surface area contributed by atoms with E-state index in [1.807, 2.05) is 36.4 Å². The van der Waals surface area contributed by atoms with Gasteiger partial charge in [-0.25, -0.2) is 10.4 Å². The number of para-hydroxylation sites is 1. The zero-order valence-electron chi connectivity index (χ0n) is 16.5. The molecule has 4 rings (SSSR count). The van der Waals surface area contributed by atoms with Crippen molar-refractivity contribution in [2.75, 3.05) is 0 Å². The summed E-state index contributed by atoms with van der Waals surface area (Å²) in [6.45, 7) is 6.75. The Morgan fingerprint density at radius 2 is 2.07 bits per heavy atom. The maximum atomic E-state index is 13.0. The van der Waals surface area contributed by atoms with Gasteiger partial charge in [-0.15, -0.1) is 0 Å². The van der Waals surface area contributed by atoms with Crippen molar-refractivity contribution in [1.82, 2.24) is 10.4 Å². The van der Waals surface area contributed by atoms with Gasteiger partial charge in [0, 0.05) is 11.1 Å². The third kappa shape index (κ3) is 3.84. The topological polar surface area (TPSA) is 67.5 Å². The second kappa shape index (κ2) is 7.23. The first-order valence-corrected chi connectivity index (χ1v) is 9.71. The maximum absolute atomic E-state index is 13.0. The van der Waals surface area contributed by atoms with Crippen LogP contribution in [0.4, 0.5) is 0 Å². The molecule has 1 aliphatic carbocycles. The summed E-state index contributed by atoms with van der Waals surface area (Å²) in [6.07, 6.45) is 4.62. The van der Waals surface area contributed by atoms with Crippen molar-refractivity contribution in [3.8, 4) is 11.5 Å². The van der Waals surface area contributed by atoms with Crippen molar-refractivity contribution >= 4 is 22.5 Å². The van der Waals surface area contributed by atoms with E-state index in [4.69, 9.17) is 4.42 Å². The van der Waals surface area contributed by atoms with Crippen LogP contribution in [-0.4, -0.2) is 16.6 Å². The van der Waals surface area contributed by atoms with Crippen LogP contribution < -0.4 is 5.43 Å². The zero-order chi connectivity index (χ0) is 19.7. The summed E-state index contributed by atoms with van der Waals surface area (Å²) in [4.78, 5) is 17.6. The molecule has 1 amide bonds. The number of hydrogen-bond acceptors (Lipinski definition) is 4. The maximum Gasteiger partial charge on any atom is 0.272 e. The highest BCUT2D eigenvalue weighted by molar-refractivity contribution is 6.07. The molecule has 2 heterocycles. The highest BCUT2D eigenvalue weighted by atomic mass is 16.3. The summed E-state index contributed by atoms with van der Waals surface area (Å²) < 4.78 is 5.47. The quantitative estimate of drug-likeness (QED) is 0.621. The Morgan fingerprint density at radius 3 is 2.82 bits per heavy atom. The Labute approximate surface area is 164 Å². The van der Waals surface area contributed by atoms with Gasteiger partial charge in [-0.1, -0.05) is 39.0 Å². The molecule has 0 aliphatic heterocycles. The SMILES string of the molecule is CC1CC(=NNC(=O)c2cc(-c3ccco3)nc3ccccc23)CC(C)(C)C1. The number of furan rings is 1. The molecule has 144 valence electrons. The average molecular weight is 375 g/mol. The van der Waals surface area contributed by atoms with Crippen molar-refractivity contribution < 1.29 is 9.21 Å². The Morgan fingerprint density at radius 1 is 1.25 bits per heavy atom. The number of hydrogen-bond donors (Lipinski definition) is 1. The summed E-state index contributed by atoms with van der Waals surface area (Å²) in [5, 5.41) is 5.28. The van der Waals surface area contributed by atoms with Crippen molar-refractivity contribution in [1.29, 1.82) is 0 Å². The van der Waals surface area contributed by atoms with Gasteiger partial charge in [-0.2, -0.15) is 5.10 Å². The van der Waals surface area contributed by atoms with Gasteiger partial charge in [0.2, 0.25) is 0 Å². The van der Waals surface area contributed by atoms with E-state index >= 15 is 0 Å². The minimum absolute atomic E-state index is 0.219. The molecule has 5 nitrogen and oxygen atoms in total. The Kier molecular flexibility index (Phi) is 4.75. The monoisotopic (exact) mass is 375 g/mol. The van der Waals surface area contributed by atoms with Crippen LogP contribution in [0.5, 0.6) is 0 Å². The number of carbonyl (C=O) groups is 1. The van der Waals surface area contributed by atoms with E-state index in [1.54, 1.807) is 12.3 Å². The molecule has 1 atom stereocenters. The van der Waals surface area contributed by atoms with E-state index in [1.165, 1.54) is 6.42 Å². The minimum Gasteiger partial charge on any atom is -0.463 e. The molecule has 5 heteroatoms. The van der Waals surface area contributed by atoms with Crippen LogP contribution in [0, 0.1) is 11.3 Å². The molecule has 1 saturated carbocycles.